The lowest BCUT2D eigenvalue weighted by molar-refractivity contribution is 0.0829. The molecule has 0 saturated carbocycles. The summed E-state index contributed by atoms with van der Waals surface area (Å²) < 4.78 is 0. The first-order valence-corrected chi connectivity index (χ1v) is 8.90. The highest BCUT2D eigenvalue weighted by molar-refractivity contribution is 6.07. The average molecular weight is 369 g/mol. The predicted octanol–water partition coefficient (Wildman–Crippen LogP) is 3.76. The van der Waals surface area contributed by atoms with E-state index in [1.165, 1.54) is 0 Å². The van der Waals surface area contributed by atoms with Gasteiger partial charge in [-0.2, -0.15) is 0 Å². The van der Waals surface area contributed by atoms with Gasteiger partial charge >= 0.3 is 0 Å². The number of rotatable bonds is 3. The largest absolute Gasteiger partial charge is 0.345 e. The van der Waals surface area contributed by atoms with Crippen molar-refractivity contribution in [3.05, 3.63) is 72.2 Å². The number of hydrogen-bond acceptors (Lipinski definition) is 5. The lowest BCUT2D eigenvalue weighted by atomic mass is 10.0. The molecule has 28 heavy (non-hydrogen) atoms. The molecule has 0 saturated heterocycles. The van der Waals surface area contributed by atoms with Gasteiger partial charge in [0.1, 0.15) is 5.69 Å². The van der Waals surface area contributed by atoms with E-state index in [0.717, 1.165) is 22.0 Å². The Kier molecular flexibility index (Phi) is 4.53. The molecule has 0 bridgehead atoms. The third kappa shape index (κ3) is 3.32. The first-order valence-electron chi connectivity index (χ1n) is 8.90. The van der Waals surface area contributed by atoms with E-state index in [4.69, 9.17) is 4.98 Å². The number of benzene rings is 1. The van der Waals surface area contributed by atoms with E-state index in [9.17, 15) is 4.79 Å². The van der Waals surface area contributed by atoms with Crippen LogP contribution >= 0.6 is 0 Å². The average Bonchev–Trinajstić information content (AvgIpc) is 2.73. The number of nitrogens with zero attached hydrogens (tertiary/aromatic N) is 5. The number of aryl methyl sites for hydroxylation is 1. The molecule has 1 aromatic carbocycles. The molecule has 138 valence electrons. The minimum Gasteiger partial charge on any atom is -0.345 e. The van der Waals surface area contributed by atoms with Crippen LogP contribution in [0.4, 0.5) is 0 Å². The highest BCUT2D eigenvalue weighted by atomic mass is 16.2. The van der Waals surface area contributed by atoms with Crippen molar-refractivity contribution in [1.82, 2.24) is 24.8 Å². The van der Waals surface area contributed by atoms with E-state index in [-0.39, 0.29) is 5.91 Å². The van der Waals surface area contributed by atoms with Crippen LogP contribution in [0.2, 0.25) is 0 Å². The van der Waals surface area contributed by atoms with Gasteiger partial charge in [0.05, 0.1) is 16.8 Å². The van der Waals surface area contributed by atoms with Crippen molar-refractivity contribution < 1.29 is 4.79 Å². The number of carbonyl (C=O) groups excluding carboxylic acids is 1. The van der Waals surface area contributed by atoms with Crippen molar-refractivity contribution in [2.75, 3.05) is 14.1 Å². The summed E-state index contributed by atoms with van der Waals surface area (Å²) in [5.74, 6) is 0.482. The monoisotopic (exact) mass is 369 g/mol. The summed E-state index contributed by atoms with van der Waals surface area (Å²) in [6.07, 6.45) is 5.13. The summed E-state index contributed by atoms with van der Waals surface area (Å²) >= 11 is 0. The Morgan fingerprint density at radius 1 is 0.929 bits per heavy atom. The van der Waals surface area contributed by atoms with Gasteiger partial charge in [-0.05, 0) is 37.3 Å². The zero-order valence-electron chi connectivity index (χ0n) is 15.9. The van der Waals surface area contributed by atoms with Gasteiger partial charge in [0.15, 0.2) is 5.82 Å². The van der Waals surface area contributed by atoms with Crippen molar-refractivity contribution in [1.29, 1.82) is 0 Å². The van der Waals surface area contributed by atoms with Gasteiger partial charge in [-0.25, -0.2) is 15.0 Å². The fourth-order valence-corrected chi connectivity index (χ4v) is 2.99. The fraction of sp³-hybridized carbons (Fsp3) is 0.136. The lowest BCUT2D eigenvalue weighted by Gasteiger charge is -2.14. The molecule has 1 amide bonds. The Hall–Kier alpha value is -3.67. The smallest absolute Gasteiger partial charge is 0.254 e. The third-order valence-electron chi connectivity index (χ3n) is 4.44. The summed E-state index contributed by atoms with van der Waals surface area (Å²) in [6.45, 7) is 2.00. The normalized spacial score (nSPS) is 10.8. The van der Waals surface area contributed by atoms with Gasteiger partial charge in [-0.3, -0.25) is 9.78 Å². The minimum absolute atomic E-state index is 0.0646. The number of carbonyl (C=O) groups is 1. The van der Waals surface area contributed by atoms with E-state index in [1.807, 2.05) is 49.4 Å². The maximum absolute atomic E-state index is 12.8. The van der Waals surface area contributed by atoms with Crippen LogP contribution in [0, 0.1) is 6.92 Å². The number of fused-ring (bicyclic) bond motifs is 1. The van der Waals surface area contributed by atoms with Crippen LogP contribution in [0.5, 0.6) is 0 Å². The molecule has 0 radical (unpaired) electrons. The Bertz CT molecular complexity index is 1150. The molecule has 0 spiro atoms. The van der Waals surface area contributed by atoms with Crippen molar-refractivity contribution in [3.8, 4) is 22.8 Å². The molecule has 0 N–H and O–H groups in total. The Morgan fingerprint density at radius 2 is 1.71 bits per heavy atom. The molecule has 0 atom stereocenters. The van der Waals surface area contributed by atoms with Crippen LogP contribution in [-0.4, -0.2) is 44.8 Å². The molecule has 0 aliphatic heterocycles. The molecule has 4 rings (SSSR count). The summed E-state index contributed by atoms with van der Waals surface area (Å²) in [5.41, 5.74) is 4.58. The lowest BCUT2D eigenvalue weighted by Crippen LogP contribution is -2.22. The van der Waals surface area contributed by atoms with Crippen molar-refractivity contribution in [2.24, 2.45) is 0 Å². The Balaban J connectivity index is 1.82. The predicted molar refractivity (Wildman–Crippen MR) is 109 cm³/mol. The molecule has 4 aromatic rings. The topological polar surface area (TPSA) is 71.9 Å². The van der Waals surface area contributed by atoms with Crippen molar-refractivity contribution in [3.63, 3.8) is 0 Å². The number of pyridine rings is 2. The number of hydrogen-bond donors (Lipinski definition) is 0. The molecule has 0 fully saturated rings. The molecule has 3 heterocycles. The second-order valence-electron chi connectivity index (χ2n) is 6.79. The van der Waals surface area contributed by atoms with E-state index >= 15 is 0 Å². The SMILES string of the molecule is Cc1ccc2nc(-c3cnc(-c4ccccn4)nc3)cc(C(=O)N(C)C)c2c1. The van der Waals surface area contributed by atoms with E-state index in [0.29, 0.717) is 22.8 Å². The molecule has 3 aromatic heterocycles. The maximum atomic E-state index is 12.8. The summed E-state index contributed by atoms with van der Waals surface area (Å²) in [7, 11) is 3.49. The minimum atomic E-state index is -0.0646. The second kappa shape index (κ2) is 7.15. The summed E-state index contributed by atoms with van der Waals surface area (Å²) in [6, 6.07) is 13.3. The molecule has 6 heteroatoms. The van der Waals surface area contributed by atoms with Crippen LogP contribution in [0.3, 0.4) is 0 Å². The van der Waals surface area contributed by atoms with Gasteiger partial charge in [0.2, 0.25) is 0 Å². The Labute approximate surface area is 162 Å². The van der Waals surface area contributed by atoms with Crippen LogP contribution < -0.4 is 0 Å². The molecule has 6 nitrogen and oxygen atoms in total. The molecular weight excluding hydrogens is 350 g/mol. The molecule has 0 unspecified atom stereocenters. The fourth-order valence-electron chi connectivity index (χ4n) is 2.99. The van der Waals surface area contributed by atoms with Crippen molar-refractivity contribution >= 4 is 16.8 Å². The molecule has 0 aliphatic carbocycles. The molecule has 0 aliphatic rings. The van der Waals surface area contributed by atoms with Crippen LogP contribution in [0.25, 0.3) is 33.7 Å². The van der Waals surface area contributed by atoms with E-state index in [1.54, 1.807) is 37.6 Å². The zero-order valence-corrected chi connectivity index (χ0v) is 15.9. The second-order valence-corrected chi connectivity index (χ2v) is 6.79. The quantitative estimate of drug-likeness (QED) is 0.550. The maximum Gasteiger partial charge on any atom is 0.254 e. The van der Waals surface area contributed by atoms with E-state index < -0.39 is 0 Å². The summed E-state index contributed by atoms with van der Waals surface area (Å²) in [5, 5.41) is 0.841. The third-order valence-corrected chi connectivity index (χ3v) is 4.44. The highest BCUT2D eigenvalue weighted by Crippen LogP contribution is 2.26. The van der Waals surface area contributed by atoms with Gasteiger partial charge in [-0.1, -0.05) is 17.7 Å². The van der Waals surface area contributed by atoms with Crippen LogP contribution in [-0.2, 0) is 0 Å². The summed E-state index contributed by atoms with van der Waals surface area (Å²) in [4.78, 5) is 32.2. The number of aromatic nitrogens is 4. The van der Waals surface area contributed by atoms with Crippen molar-refractivity contribution in [2.45, 2.75) is 6.92 Å². The van der Waals surface area contributed by atoms with Crippen LogP contribution in [0.15, 0.2) is 61.1 Å². The highest BCUT2D eigenvalue weighted by Gasteiger charge is 2.16. The van der Waals surface area contributed by atoms with Gasteiger partial charge < -0.3 is 4.90 Å². The zero-order chi connectivity index (χ0) is 19.7. The first kappa shape index (κ1) is 17.7. The standard InChI is InChI=1S/C22H19N5O/c1-14-7-8-18-16(10-14)17(22(28)27(2)3)11-20(26-18)15-12-24-21(25-13-15)19-6-4-5-9-23-19/h4-13H,1-3H3. The van der Waals surface area contributed by atoms with Gasteiger partial charge in [0.25, 0.3) is 5.91 Å². The van der Waals surface area contributed by atoms with Gasteiger partial charge in [0, 0.05) is 43.6 Å². The van der Waals surface area contributed by atoms with E-state index in [2.05, 4.69) is 15.0 Å². The number of amides is 1. The Morgan fingerprint density at radius 3 is 2.39 bits per heavy atom. The molecular formula is C22H19N5O. The first-order chi connectivity index (χ1) is 13.5. The van der Waals surface area contributed by atoms with Crippen LogP contribution in [0.1, 0.15) is 15.9 Å². The van der Waals surface area contributed by atoms with Gasteiger partial charge in [-0.15, -0.1) is 0 Å².